The van der Waals surface area contributed by atoms with Crippen molar-refractivity contribution in [2.24, 2.45) is 0 Å². The molecular formula is C10H8N2S. The van der Waals surface area contributed by atoms with E-state index >= 15 is 0 Å². The third-order valence-corrected chi connectivity index (χ3v) is 2.60. The van der Waals surface area contributed by atoms with Crippen LogP contribution in [-0.2, 0) is 0 Å². The van der Waals surface area contributed by atoms with E-state index in [1.807, 2.05) is 26.2 Å². The molecule has 2 aromatic heterocycles. The Labute approximate surface area is 80.8 Å². The van der Waals surface area contributed by atoms with E-state index in [9.17, 15) is 0 Å². The van der Waals surface area contributed by atoms with E-state index in [1.54, 1.807) is 0 Å². The van der Waals surface area contributed by atoms with Crippen LogP contribution in [0, 0.1) is 18.8 Å². The van der Waals surface area contributed by atoms with Crippen LogP contribution in [0.3, 0.4) is 0 Å². The van der Waals surface area contributed by atoms with Crippen LogP contribution in [0.15, 0.2) is 12.4 Å². The molecule has 2 rings (SSSR count). The van der Waals surface area contributed by atoms with Crippen LogP contribution >= 0.6 is 11.5 Å². The van der Waals surface area contributed by atoms with Gasteiger partial charge in [0.15, 0.2) is 0 Å². The number of pyridine rings is 1. The number of hydrogen-bond acceptors (Lipinski definition) is 3. The molecule has 0 aliphatic carbocycles. The molecule has 2 aromatic rings. The summed E-state index contributed by atoms with van der Waals surface area (Å²) < 4.78 is 5.38. The van der Waals surface area contributed by atoms with E-state index in [0.717, 1.165) is 21.3 Å². The van der Waals surface area contributed by atoms with Gasteiger partial charge in [-0.15, -0.1) is 0 Å². The monoisotopic (exact) mass is 188 g/mol. The number of nitrogens with zero attached hydrogens (tertiary/aromatic N) is 2. The van der Waals surface area contributed by atoms with Gasteiger partial charge in [0.2, 0.25) is 0 Å². The van der Waals surface area contributed by atoms with Gasteiger partial charge in [0.1, 0.15) is 5.69 Å². The minimum Gasteiger partial charge on any atom is -0.263 e. The number of fused-ring (bicyclic) bond motifs is 1. The van der Waals surface area contributed by atoms with Crippen molar-refractivity contribution in [2.45, 2.75) is 13.8 Å². The fourth-order valence-corrected chi connectivity index (χ4v) is 2.04. The average molecular weight is 188 g/mol. The number of rotatable bonds is 0. The van der Waals surface area contributed by atoms with Gasteiger partial charge in [0, 0.05) is 17.8 Å². The van der Waals surface area contributed by atoms with Crippen LogP contribution in [0.25, 0.3) is 10.1 Å². The lowest BCUT2D eigenvalue weighted by Gasteiger charge is -1.92. The molecule has 0 aromatic carbocycles. The predicted octanol–water partition coefficient (Wildman–Crippen LogP) is 2.37. The number of aromatic nitrogens is 2. The Bertz CT molecular complexity index is 502. The Kier molecular flexibility index (Phi) is 1.99. The summed E-state index contributed by atoms with van der Waals surface area (Å²) in [6.45, 7) is 3.85. The second-order valence-electron chi connectivity index (χ2n) is 2.74. The van der Waals surface area contributed by atoms with E-state index in [2.05, 4.69) is 21.2 Å². The maximum absolute atomic E-state index is 4.27. The fraction of sp³-hybridized carbons (Fsp3) is 0.200. The van der Waals surface area contributed by atoms with Gasteiger partial charge in [-0.3, -0.25) is 4.98 Å². The van der Waals surface area contributed by atoms with Crippen molar-refractivity contribution in [3.8, 4) is 11.8 Å². The Balaban J connectivity index is 2.83. The van der Waals surface area contributed by atoms with Gasteiger partial charge in [0.05, 0.1) is 4.70 Å². The van der Waals surface area contributed by atoms with Gasteiger partial charge in [0.25, 0.3) is 0 Å². The Hall–Kier alpha value is -1.40. The van der Waals surface area contributed by atoms with Crippen LogP contribution < -0.4 is 0 Å². The first kappa shape index (κ1) is 8.21. The number of aryl methyl sites for hydroxylation is 1. The maximum atomic E-state index is 4.27. The molecule has 64 valence electrons. The van der Waals surface area contributed by atoms with Crippen molar-refractivity contribution in [1.29, 1.82) is 0 Å². The second-order valence-corrected chi connectivity index (χ2v) is 3.54. The third-order valence-electron chi connectivity index (χ3n) is 1.82. The molecule has 0 bridgehead atoms. The Morgan fingerprint density at radius 1 is 1.38 bits per heavy atom. The predicted molar refractivity (Wildman–Crippen MR) is 54.7 cm³/mol. The quantitative estimate of drug-likeness (QED) is 0.593. The molecule has 0 spiro atoms. The van der Waals surface area contributed by atoms with E-state index < -0.39 is 0 Å². The maximum Gasteiger partial charge on any atom is 0.135 e. The fourth-order valence-electron chi connectivity index (χ4n) is 1.26. The van der Waals surface area contributed by atoms with Gasteiger partial charge < -0.3 is 0 Å². The molecule has 0 fully saturated rings. The highest BCUT2D eigenvalue weighted by atomic mass is 32.1. The first-order valence-corrected chi connectivity index (χ1v) is 4.73. The molecule has 0 aliphatic heterocycles. The highest BCUT2D eigenvalue weighted by molar-refractivity contribution is 7.13. The van der Waals surface area contributed by atoms with Crippen molar-refractivity contribution >= 4 is 21.6 Å². The second kappa shape index (κ2) is 3.15. The summed E-state index contributed by atoms with van der Waals surface area (Å²) in [5.41, 5.74) is 2.02. The van der Waals surface area contributed by atoms with Crippen molar-refractivity contribution in [1.82, 2.24) is 9.36 Å². The van der Waals surface area contributed by atoms with Crippen LogP contribution in [-0.4, -0.2) is 9.36 Å². The molecule has 0 unspecified atom stereocenters. The van der Waals surface area contributed by atoms with Gasteiger partial charge >= 0.3 is 0 Å². The molecule has 3 heteroatoms. The summed E-state index contributed by atoms with van der Waals surface area (Å²) in [7, 11) is 0. The largest absolute Gasteiger partial charge is 0.263 e. The summed E-state index contributed by atoms with van der Waals surface area (Å²) in [6, 6.07) is 0. The lowest BCUT2D eigenvalue weighted by molar-refractivity contribution is 1.31. The molecule has 0 radical (unpaired) electrons. The van der Waals surface area contributed by atoms with Gasteiger partial charge in [-0.1, -0.05) is 5.92 Å². The first-order chi connectivity index (χ1) is 6.33. The van der Waals surface area contributed by atoms with Gasteiger partial charge in [-0.2, -0.15) is 4.37 Å². The summed E-state index contributed by atoms with van der Waals surface area (Å²) in [4.78, 5) is 4.11. The Morgan fingerprint density at radius 3 is 3.00 bits per heavy atom. The molecule has 2 nitrogen and oxygen atoms in total. The molecule has 0 saturated carbocycles. The van der Waals surface area contributed by atoms with Crippen molar-refractivity contribution in [3.05, 3.63) is 23.7 Å². The molecule has 0 atom stereocenters. The van der Waals surface area contributed by atoms with Crippen molar-refractivity contribution in [3.63, 3.8) is 0 Å². The van der Waals surface area contributed by atoms with Crippen molar-refractivity contribution < 1.29 is 0 Å². The van der Waals surface area contributed by atoms with E-state index in [1.165, 1.54) is 11.5 Å². The van der Waals surface area contributed by atoms with Gasteiger partial charge in [-0.25, -0.2) is 0 Å². The average Bonchev–Trinajstić information content (AvgIpc) is 2.51. The lowest BCUT2D eigenvalue weighted by atomic mass is 10.2. The highest BCUT2D eigenvalue weighted by Crippen LogP contribution is 2.23. The molecule has 0 aliphatic rings. The summed E-state index contributed by atoms with van der Waals surface area (Å²) in [5, 5.41) is 1.15. The zero-order chi connectivity index (χ0) is 9.26. The van der Waals surface area contributed by atoms with Crippen LogP contribution in [0.1, 0.15) is 18.2 Å². The Morgan fingerprint density at radius 2 is 2.23 bits per heavy atom. The third kappa shape index (κ3) is 1.30. The van der Waals surface area contributed by atoms with E-state index in [-0.39, 0.29) is 0 Å². The topological polar surface area (TPSA) is 25.8 Å². The molecular weight excluding hydrogens is 180 g/mol. The molecule has 2 heterocycles. The minimum absolute atomic E-state index is 0.877. The molecule has 0 saturated heterocycles. The van der Waals surface area contributed by atoms with Crippen LogP contribution in [0.4, 0.5) is 0 Å². The standard InChI is InChI=1S/C10H8N2S/c1-3-4-8-10-7(2)5-11-6-9(10)13-12-8/h5-6H,1-2H3. The summed E-state index contributed by atoms with van der Waals surface area (Å²) in [5.74, 6) is 5.86. The van der Waals surface area contributed by atoms with E-state index in [0.29, 0.717) is 0 Å². The zero-order valence-corrected chi connectivity index (χ0v) is 8.27. The summed E-state index contributed by atoms with van der Waals surface area (Å²) >= 11 is 1.45. The van der Waals surface area contributed by atoms with Crippen molar-refractivity contribution in [2.75, 3.05) is 0 Å². The normalized spacial score (nSPS) is 9.69. The molecule has 0 N–H and O–H groups in total. The SMILES string of the molecule is CC#Cc1nsc2cncc(C)c12. The number of hydrogen-bond donors (Lipinski definition) is 0. The molecule has 13 heavy (non-hydrogen) atoms. The van der Waals surface area contributed by atoms with Crippen LogP contribution in [0.5, 0.6) is 0 Å². The van der Waals surface area contributed by atoms with Gasteiger partial charge in [-0.05, 0) is 36.9 Å². The smallest absolute Gasteiger partial charge is 0.135 e. The van der Waals surface area contributed by atoms with Crippen LogP contribution in [0.2, 0.25) is 0 Å². The minimum atomic E-state index is 0.877. The zero-order valence-electron chi connectivity index (χ0n) is 7.46. The summed E-state index contributed by atoms with van der Waals surface area (Å²) in [6.07, 6.45) is 3.68. The lowest BCUT2D eigenvalue weighted by Crippen LogP contribution is -1.80. The highest BCUT2D eigenvalue weighted by Gasteiger charge is 2.05. The first-order valence-electron chi connectivity index (χ1n) is 3.95. The van der Waals surface area contributed by atoms with E-state index in [4.69, 9.17) is 0 Å². The molecule has 0 amide bonds.